The van der Waals surface area contributed by atoms with E-state index < -0.39 is 0 Å². The number of ether oxygens (including phenoxy) is 1. The first-order valence-corrected chi connectivity index (χ1v) is 10.9. The zero-order valence-corrected chi connectivity index (χ0v) is 18.9. The lowest BCUT2D eigenvalue weighted by molar-refractivity contribution is -0.113. The number of nitrogens with one attached hydrogen (secondary N) is 1. The molecule has 1 aromatic heterocycles. The number of rotatable bonds is 10. The molecule has 0 atom stereocenters. The van der Waals surface area contributed by atoms with Gasteiger partial charge in [0.15, 0.2) is 11.0 Å². The van der Waals surface area contributed by atoms with E-state index >= 15 is 0 Å². The van der Waals surface area contributed by atoms with Gasteiger partial charge in [-0.3, -0.25) is 9.36 Å². The molecule has 1 heterocycles. The minimum Gasteiger partial charge on any atom is -0.486 e. The van der Waals surface area contributed by atoms with Crippen LogP contribution in [0.1, 0.15) is 11.4 Å². The first kappa shape index (κ1) is 22.4. The number of allylic oxidation sites excluding steroid dienone is 1. The number of hydrogen-bond donors (Lipinski definition) is 1. The van der Waals surface area contributed by atoms with E-state index in [0.717, 1.165) is 17.1 Å². The fraction of sp³-hybridized carbons (Fsp3) is 0.261. The molecule has 8 heteroatoms. The van der Waals surface area contributed by atoms with E-state index in [4.69, 9.17) is 4.74 Å². The van der Waals surface area contributed by atoms with E-state index in [1.807, 2.05) is 79.0 Å². The van der Waals surface area contributed by atoms with Crippen LogP contribution in [-0.4, -0.2) is 40.5 Å². The third-order valence-corrected chi connectivity index (χ3v) is 5.46. The number of benzene rings is 2. The van der Waals surface area contributed by atoms with Crippen molar-refractivity contribution in [3.63, 3.8) is 0 Å². The zero-order chi connectivity index (χ0) is 22.2. The quantitative estimate of drug-likeness (QED) is 0.380. The van der Waals surface area contributed by atoms with Crippen molar-refractivity contribution in [2.75, 3.05) is 30.1 Å². The second-order valence-electron chi connectivity index (χ2n) is 7.18. The molecule has 1 amide bonds. The minimum absolute atomic E-state index is 0.104. The number of amides is 1. The summed E-state index contributed by atoms with van der Waals surface area (Å²) in [6, 6.07) is 15.5. The van der Waals surface area contributed by atoms with Crippen LogP contribution in [0.3, 0.4) is 0 Å². The van der Waals surface area contributed by atoms with Gasteiger partial charge in [0.1, 0.15) is 12.4 Å². The predicted octanol–water partition coefficient (Wildman–Crippen LogP) is 4.15. The highest BCUT2D eigenvalue weighted by molar-refractivity contribution is 7.99. The Kier molecular flexibility index (Phi) is 7.72. The normalized spacial score (nSPS) is 10.5. The van der Waals surface area contributed by atoms with Crippen LogP contribution in [0.5, 0.6) is 5.75 Å². The summed E-state index contributed by atoms with van der Waals surface area (Å²) in [6.45, 7) is 6.66. The number of aromatic nitrogens is 3. The molecule has 2 aromatic carbocycles. The third-order valence-electron chi connectivity index (χ3n) is 4.49. The van der Waals surface area contributed by atoms with Crippen molar-refractivity contribution in [3.8, 4) is 5.75 Å². The summed E-state index contributed by atoms with van der Waals surface area (Å²) in [5.74, 6) is 1.58. The Morgan fingerprint density at radius 3 is 2.52 bits per heavy atom. The number of carbonyl (C=O) groups excluding carboxylic acids is 1. The third kappa shape index (κ3) is 6.36. The van der Waals surface area contributed by atoms with Gasteiger partial charge in [0, 0.05) is 32.0 Å². The monoisotopic (exact) mass is 437 g/mol. The molecule has 31 heavy (non-hydrogen) atoms. The highest BCUT2D eigenvalue weighted by Gasteiger charge is 2.14. The molecule has 0 bridgehead atoms. The highest BCUT2D eigenvalue weighted by Crippen LogP contribution is 2.20. The summed E-state index contributed by atoms with van der Waals surface area (Å²) in [5, 5.41) is 12.0. The predicted molar refractivity (Wildman–Crippen MR) is 126 cm³/mol. The van der Waals surface area contributed by atoms with Gasteiger partial charge < -0.3 is 15.0 Å². The summed E-state index contributed by atoms with van der Waals surface area (Å²) >= 11 is 1.33. The van der Waals surface area contributed by atoms with Gasteiger partial charge in [-0.1, -0.05) is 35.5 Å². The van der Waals surface area contributed by atoms with E-state index in [9.17, 15) is 4.79 Å². The average Bonchev–Trinajstić information content (AvgIpc) is 3.14. The molecule has 0 spiro atoms. The fourth-order valence-electron chi connectivity index (χ4n) is 2.80. The summed E-state index contributed by atoms with van der Waals surface area (Å²) in [7, 11) is 3.95. The molecular weight excluding hydrogens is 410 g/mol. The molecule has 0 saturated heterocycles. The summed E-state index contributed by atoms with van der Waals surface area (Å²) in [5.41, 5.74) is 3.01. The van der Waals surface area contributed by atoms with E-state index in [1.165, 1.54) is 17.3 Å². The number of aryl methyl sites for hydroxylation is 1. The fourth-order valence-corrected chi connectivity index (χ4v) is 3.56. The Morgan fingerprint density at radius 2 is 1.87 bits per heavy atom. The van der Waals surface area contributed by atoms with Gasteiger partial charge in [0.2, 0.25) is 5.91 Å². The van der Waals surface area contributed by atoms with E-state index in [2.05, 4.69) is 22.1 Å². The second-order valence-corrected chi connectivity index (χ2v) is 8.12. The molecule has 7 nitrogen and oxygen atoms in total. The van der Waals surface area contributed by atoms with Crippen molar-refractivity contribution in [2.45, 2.75) is 25.2 Å². The molecule has 3 rings (SSSR count). The van der Waals surface area contributed by atoms with Crippen LogP contribution in [0.25, 0.3) is 0 Å². The molecule has 3 aromatic rings. The Hall–Kier alpha value is -3.26. The molecular formula is C23H27N5O2S. The van der Waals surface area contributed by atoms with Crippen LogP contribution in [0.4, 0.5) is 11.4 Å². The number of anilines is 2. The van der Waals surface area contributed by atoms with Gasteiger partial charge in [0.25, 0.3) is 0 Å². The van der Waals surface area contributed by atoms with Gasteiger partial charge in [-0.15, -0.1) is 16.8 Å². The first-order chi connectivity index (χ1) is 15.0. The van der Waals surface area contributed by atoms with Crippen LogP contribution in [0, 0.1) is 6.92 Å². The summed E-state index contributed by atoms with van der Waals surface area (Å²) in [4.78, 5) is 14.4. The lowest BCUT2D eigenvalue weighted by Gasteiger charge is -2.13. The maximum atomic E-state index is 12.4. The number of carbonyl (C=O) groups is 1. The number of thioether (sulfide) groups is 1. The van der Waals surface area contributed by atoms with Crippen LogP contribution in [0.2, 0.25) is 0 Å². The highest BCUT2D eigenvalue weighted by atomic mass is 32.2. The summed E-state index contributed by atoms with van der Waals surface area (Å²) in [6.07, 6.45) is 1.77. The minimum atomic E-state index is -0.104. The maximum Gasteiger partial charge on any atom is 0.234 e. The molecule has 0 aliphatic carbocycles. The second kappa shape index (κ2) is 10.7. The standard InChI is InChI=1S/C23H27N5O2S/c1-5-14-28-21(15-30-20-12-6-17(2)7-13-20)25-26-23(28)31-16-22(29)24-18-8-10-19(11-9-18)27(3)4/h5-13H,1,14-16H2,2-4H3,(H,24,29). The molecule has 0 unspecified atom stereocenters. The lowest BCUT2D eigenvalue weighted by atomic mass is 10.2. The Bertz CT molecular complexity index is 1010. The van der Waals surface area contributed by atoms with Crippen molar-refractivity contribution < 1.29 is 9.53 Å². The summed E-state index contributed by atoms with van der Waals surface area (Å²) < 4.78 is 7.74. The van der Waals surface area contributed by atoms with E-state index in [1.54, 1.807) is 6.08 Å². The van der Waals surface area contributed by atoms with Gasteiger partial charge in [-0.2, -0.15) is 0 Å². The van der Waals surface area contributed by atoms with Crippen molar-refractivity contribution in [1.82, 2.24) is 14.8 Å². The lowest BCUT2D eigenvalue weighted by Crippen LogP contribution is -2.15. The molecule has 1 N–H and O–H groups in total. The van der Waals surface area contributed by atoms with Crippen LogP contribution < -0.4 is 15.0 Å². The van der Waals surface area contributed by atoms with Crippen LogP contribution in [0.15, 0.2) is 66.3 Å². The Labute approximate surface area is 187 Å². The van der Waals surface area contributed by atoms with Crippen molar-refractivity contribution in [2.24, 2.45) is 0 Å². The van der Waals surface area contributed by atoms with Crippen LogP contribution >= 0.6 is 11.8 Å². The van der Waals surface area contributed by atoms with Crippen LogP contribution in [-0.2, 0) is 17.9 Å². The number of hydrogen-bond acceptors (Lipinski definition) is 6. The molecule has 0 aliphatic rings. The first-order valence-electron chi connectivity index (χ1n) is 9.88. The largest absolute Gasteiger partial charge is 0.486 e. The SMILES string of the molecule is C=CCn1c(COc2ccc(C)cc2)nnc1SCC(=O)Nc1ccc(N(C)C)cc1. The Balaban J connectivity index is 1.58. The van der Waals surface area contributed by atoms with E-state index in [0.29, 0.717) is 17.5 Å². The van der Waals surface area contributed by atoms with Crippen molar-refractivity contribution in [1.29, 1.82) is 0 Å². The van der Waals surface area contributed by atoms with Gasteiger partial charge >= 0.3 is 0 Å². The number of nitrogens with zero attached hydrogens (tertiary/aromatic N) is 4. The topological polar surface area (TPSA) is 72.3 Å². The molecule has 0 fully saturated rings. The van der Waals surface area contributed by atoms with Gasteiger partial charge in [-0.25, -0.2) is 0 Å². The zero-order valence-electron chi connectivity index (χ0n) is 18.0. The molecule has 0 radical (unpaired) electrons. The van der Waals surface area contributed by atoms with Gasteiger partial charge in [0.05, 0.1) is 5.75 Å². The van der Waals surface area contributed by atoms with Gasteiger partial charge in [-0.05, 0) is 43.3 Å². The Morgan fingerprint density at radius 1 is 1.16 bits per heavy atom. The average molecular weight is 438 g/mol. The molecule has 0 saturated carbocycles. The maximum absolute atomic E-state index is 12.4. The molecule has 0 aliphatic heterocycles. The smallest absolute Gasteiger partial charge is 0.234 e. The van der Waals surface area contributed by atoms with Crippen molar-refractivity contribution in [3.05, 3.63) is 72.6 Å². The molecule has 162 valence electrons. The van der Waals surface area contributed by atoms with Crippen molar-refractivity contribution >= 4 is 29.0 Å². The van der Waals surface area contributed by atoms with E-state index in [-0.39, 0.29) is 18.3 Å².